The first-order valence-electron chi connectivity index (χ1n) is 20.7. The lowest BCUT2D eigenvalue weighted by Crippen LogP contribution is -2.15. The summed E-state index contributed by atoms with van der Waals surface area (Å²) in [5, 5.41) is 4.64. The Labute approximate surface area is 350 Å². The average Bonchev–Trinajstić information content (AvgIpc) is 3.85. The summed E-state index contributed by atoms with van der Waals surface area (Å²) in [6.45, 7) is 6.73. The summed E-state index contributed by atoms with van der Waals surface area (Å²) < 4.78 is 9.47. The van der Waals surface area contributed by atoms with Gasteiger partial charge in [0.2, 0.25) is 0 Å². The fourth-order valence-electron chi connectivity index (χ4n) is 9.48. The molecule has 2 heterocycles. The molecule has 0 aliphatic rings. The molecule has 60 heavy (non-hydrogen) atoms. The number of aromatic nitrogens is 1. The van der Waals surface area contributed by atoms with E-state index in [4.69, 9.17) is 4.42 Å². The molecule has 0 aliphatic carbocycles. The van der Waals surface area contributed by atoms with Gasteiger partial charge in [-0.05, 0) is 120 Å². The molecule has 9 aromatic carbocycles. The number of nitrogens with zero attached hydrogens (tertiary/aromatic N) is 2. The van der Waals surface area contributed by atoms with Crippen LogP contribution in [0.15, 0.2) is 205 Å². The first-order valence-corrected chi connectivity index (χ1v) is 20.7. The van der Waals surface area contributed by atoms with E-state index in [2.05, 4.69) is 230 Å². The zero-order valence-corrected chi connectivity index (χ0v) is 33.9. The molecule has 0 bridgehead atoms. The van der Waals surface area contributed by atoms with E-state index < -0.39 is 0 Å². The maximum absolute atomic E-state index is 7.06. The van der Waals surface area contributed by atoms with Crippen molar-refractivity contribution in [1.82, 2.24) is 4.57 Å². The quantitative estimate of drug-likeness (QED) is 0.161. The summed E-state index contributed by atoms with van der Waals surface area (Å²) in [6, 6.07) is 72.1. The van der Waals surface area contributed by atoms with E-state index >= 15 is 0 Å². The number of benzene rings is 9. The van der Waals surface area contributed by atoms with Crippen LogP contribution in [0.5, 0.6) is 0 Å². The highest BCUT2D eigenvalue weighted by Crippen LogP contribution is 2.50. The van der Waals surface area contributed by atoms with Gasteiger partial charge in [0, 0.05) is 33.0 Å². The van der Waals surface area contributed by atoms with Crippen LogP contribution in [0, 0.1) is 20.8 Å². The minimum Gasteiger partial charge on any atom is -0.455 e. The van der Waals surface area contributed by atoms with Crippen molar-refractivity contribution in [2.75, 3.05) is 4.90 Å². The van der Waals surface area contributed by atoms with Crippen LogP contribution in [0.3, 0.4) is 0 Å². The Morgan fingerprint density at radius 3 is 1.60 bits per heavy atom. The van der Waals surface area contributed by atoms with Crippen molar-refractivity contribution in [3.8, 4) is 39.1 Å². The van der Waals surface area contributed by atoms with Crippen molar-refractivity contribution in [2.45, 2.75) is 20.8 Å². The molecule has 0 saturated heterocycles. The van der Waals surface area contributed by atoms with E-state index in [9.17, 15) is 0 Å². The molecule has 0 unspecified atom stereocenters. The number of para-hydroxylation sites is 4. The van der Waals surface area contributed by atoms with Gasteiger partial charge in [0.15, 0.2) is 0 Å². The number of aryl methyl sites for hydroxylation is 3. The summed E-state index contributed by atoms with van der Waals surface area (Å²) in [4.78, 5) is 2.48. The third kappa shape index (κ3) is 5.73. The van der Waals surface area contributed by atoms with E-state index in [0.717, 1.165) is 55.8 Å². The van der Waals surface area contributed by atoms with Crippen LogP contribution >= 0.6 is 0 Å². The van der Waals surface area contributed by atoms with Gasteiger partial charge in [-0.15, -0.1) is 0 Å². The normalized spacial score (nSPS) is 11.6. The summed E-state index contributed by atoms with van der Waals surface area (Å²) >= 11 is 0. The second-order valence-corrected chi connectivity index (χ2v) is 15.8. The fourth-order valence-corrected chi connectivity index (χ4v) is 9.48. The lowest BCUT2D eigenvalue weighted by Gasteiger charge is -2.31. The zero-order valence-electron chi connectivity index (χ0n) is 33.9. The molecule has 0 spiro atoms. The van der Waals surface area contributed by atoms with E-state index in [1.165, 1.54) is 60.8 Å². The first kappa shape index (κ1) is 35.5. The van der Waals surface area contributed by atoms with Crippen LogP contribution in [0.1, 0.15) is 16.7 Å². The average molecular weight is 771 g/mol. The molecule has 0 atom stereocenters. The number of anilines is 3. The third-order valence-electron chi connectivity index (χ3n) is 12.1. The molecule has 0 saturated carbocycles. The number of hydrogen-bond acceptors (Lipinski definition) is 2. The van der Waals surface area contributed by atoms with Crippen LogP contribution in [0.25, 0.3) is 82.8 Å². The number of rotatable bonds is 7. The van der Waals surface area contributed by atoms with Gasteiger partial charge in [-0.2, -0.15) is 0 Å². The van der Waals surface area contributed by atoms with Gasteiger partial charge in [0.05, 0.1) is 33.5 Å². The maximum atomic E-state index is 7.06. The van der Waals surface area contributed by atoms with E-state index in [1.54, 1.807) is 0 Å². The number of hydrogen-bond donors (Lipinski definition) is 0. The summed E-state index contributed by atoms with van der Waals surface area (Å²) in [7, 11) is 0. The standard InChI is InChI=1S/C57H42N2O/c1-37-34-42(40-18-6-4-7-19-40)30-32-49(37)59(56-38(2)35-43(36-39(56)3)41-20-8-5-9-21-41)53-33-31-47(57-55(53)48-25-13-17-29-54(48)60-57)46-24-12-16-28-52(46)58-50-26-14-10-22-44(50)45-23-11-15-27-51(45)58/h4-36H,1-3H3. The lowest BCUT2D eigenvalue weighted by molar-refractivity contribution is 0.670. The highest BCUT2D eigenvalue weighted by molar-refractivity contribution is 6.18. The van der Waals surface area contributed by atoms with Crippen LogP contribution in [0.4, 0.5) is 17.1 Å². The van der Waals surface area contributed by atoms with Crippen molar-refractivity contribution in [1.29, 1.82) is 0 Å². The van der Waals surface area contributed by atoms with Crippen LogP contribution < -0.4 is 4.90 Å². The molecular weight excluding hydrogens is 729 g/mol. The molecule has 11 aromatic rings. The Morgan fingerprint density at radius 1 is 0.400 bits per heavy atom. The van der Waals surface area contributed by atoms with Crippen molar-refractivity contribution < 1.29 is 4.42 Å². The Morgan fingerprint density at radius 2 is 0.933 bits per heavy atom. The molecule has 0 radical (unpaired) electrons. The van der Waals surface area contributed by atoms with E-state index in [0.29, 0.717) is 0 Å². The predicted octanol–water partition coefficient (Wildman–Crippen LogP) is 16.1. The van der Waals surface area contributed by atoms with Crippen LogP contribution in [-0.4, -0.2) is 4.57 Å². The number of furan rings is 1. The highest BCUT2D eigenvalue weighted by atomic mass is 16.3. The molecule has 11 rings (SSSR count). The van der Waals surface area contributed by atoms with Gasteiger partial charge in [-0.25, -0.2) is 0 Å². The van der Waals surface area contributed by atoms with Crippen molar-refractivity contribution in [3.05, 3.63) is 217 Å². The predicted molar refractivity (Wildman–Crippen MR) is 253 cm³/mol. The molecular formula is C57H42N2O. The van der Waals surface area contributed by atoms with Gasteiger partial charge < -0.3 is 13.9 Å². The van der Waals surface area contributed by atoms with Gasteiger partial charge in [0.25, 0.3) is 0 Å². The maximum Gasteiger partial charge on any atom is 0.145 e. The van der Waals surface area contributed by atoms with Crippen molar-refractivity contribution in [2.24, 2.45) is 0 Å². The Balaban J connectivity index is 1.18. The Hall–Kier alpha value is -7.62. The lowest BCUT2D eigenvalue weighted by atomic mass is 9.95. The molecule has 286 valence electrons. The van der Waals surface area contributed by atoms with E-state index in [-0.39, 0.29) is 0 Å². The van der Waals surface area contributed by atoms with E-state index in [1.807, 2.05) is 0 Å². The molecule has 0 fully saturated rings. The molecule has 2 aromatic heterocycles. The zero-order chi connectivity index (χ0) is 40.3. The summed E-state index contributed by atoms with van der Waals surface area (Å²) in [5.74, 6) is 0. The van der Waals surface area contributed by atoms with Crippen LogP contribution in [-0.2, 0) is 0 Å². The van der Waals surface area contributed by atoms with Gasteiger partial charge in [-0.3, -0.25) is 0 Å². The first-order chi connectivity index (χ1) is 29.5. The van der Waals surface area contributed by atoms with Crippen LogP contribution in [0.2, 0.25) is 0 Å². The fraction of sp³-hybridized carbons (Fsp3) is 0.0526. The topological polar surface area (TPSA) is 21.3 Å². The number of fused-ring (bicyclic) bond motifs is 6. The van der Waals surface area contributed by atoms with Gasteiger partial charge >= 0.3 is 0 Å². The summed E-state index contributed by atoms with van der Waals surface area (Å²) in [6.07, 6.45) is 0. The Bertz CT molecular complexity index is 3330. The monoisotopic (exact) mass is 770 g/mol. The van der Waals surface area contributed by atoms with Crippen molar-refractivity contribution in [3.63, 3.8) is 0 Å². The smallest absolute Gasteiger partial charge is 0.145 e. The minimum atomic E-state index is 0.861. The second kappa shape index (κ2) is 14.3. The van der Waals surface area contributed by atoms with Gasteiger partial charge in [-0.1, -0.05) is 140 Å². The van der Waals surface area contributed by atoms with Crippen molar-refractivity contribution >= 4 is 60.8 Å². The Kier molecular flexibility index (Phi) is 8.49. The molecule has 0 amide bonds. The second-order valence-electron chi connectivity index (χ2n) is 15.8. The largest absolute Gasteiger partial charge is 0.455 e. The SMILES string of the molecule is Cc1cc(-c2ccccc2)ccc1N(c1c(C)cc(-c2ccccc2)cc1C)c1ccc(-c2ccccc2-n2c3ccccc3c3ccccc32)c2oc3ccccc3c12. The molecule has 3 nitrogen and oxygen atoms in total. The highest BCUT2D eigenvalue weighted by Gasteiger charge is 2.27. The third-order valence-corrected chi connectivity index (χ3v) is 12.1. The molecule has 0 aliphatic heterocycles. The summed E-state index contributed by atoms with van der Waals surface area (Å²) in [5.41, 5.74) is 19.1. The molecule has 3 heteroatoms. The molecule has 0 N–H and O–H groups in total. The minimum absolute atomic E-state index is 0.861. The van der Waals surface area contributed by atoms with Gasteiger partial charge in [0.1, 0.15) is 11.2 Å².